The highest BCUT2D eigenvalue weighted by molar-refractivity contribution is 6.41. The second-order valence-corrected chi connectivity index (χ2v) is 8.35. The Morgan fingerprint density at radius 2 is 1.38 bits per heavy atom. The van der Waals surface area contributed by atoms with Crippen LogP contribution in [0.4, 0.5) is 0 Å². The minimum Gasteiger partial charge on any atom is -0.416 e. The van der Waals surface area contributed by atoms with Gasteiger partial charge in [0, 0.05) is 22.4 Å². The zero-order valence-electron chi connectivity index (χ0n) is 18.6. The van der Waals surface area contributed by atoms with E-state index in [-0.39, 0.29) is 17.1 Å². The summed E-state index contributed by atoms with van der Waals surface area (Å²) in [6, 6.07) is 22.7. The molecule has 0 N–H and O–H groups in total. The molecule has 164 valence electrons. The highest BCUT2D eigenvalue weighted by Crippen LogP contribution is 2.32. The molecule has 0 bridgehead atoms. The summed E-state index contributed by atoms with van der Waals surface area (Å²) in [5.74, 6) is 0.277. The first-order chi connectivity index (χ1) is 16.5. The van der Waals surface area contributed by atoms with Crippen molar-refractivity contribution in [2.75, 3.05) is 0 Å². The Morgan fingerprint density at radius 3 is 2.00 bits per heavy atom. The molecule has 2 heterocycles. The molecule has 5 aromatic rings. The Kier molecular flexibility index (Phi) is 4.42. The van der Waals surface area contributed by atoms with Crippen LogP contribution in [0.5, 0.6) is 0 Å². The number of Topliss-reactive ketones (excluding diaryl/α,β-unsaturated/α-hetero) is 2. The van der Waals surface area contributed by atoms with Crippen LogP contribution in [0.15, 0.2) is 82.8 Å². The first-order valence-electron chi connectivity index (χ1n) is 10.9. The SMILES string of the molecule is Cc1cc2c(cc1C)C(=O)C(=Cc1nc3oc(-c4ccccc4)nc3n1-c1ccccc1)C2=O. The fourth-order valence-electron chi connectivity index (χ4n) is 4.26. The third kappa shape index (κ3) is 3.03. The molecule has 3 aromatic carbocycles. The summed E-state index contributed by atoms with van der Waals surface area (Å²) in [6.07, 6.45) is 1.54. The molecule has 0 spiro atoms. The largest absolute Gasteiger partial charge is 0.416 e. The number of benzene rings is 3. The Labute approximate surface area is 195 Å². The summed E-state index contributed by atoms with van der Waals surface area (Å²) >= 11 is 0. The van der Waals surface area contributed by atoms with Crippen LogP contribution in [0.2, 0.25) is 0 Å². The summed E-state index contributed by atoms with van der Waals surface area (Å²) in [5, 5.41) is 0. The van der Waals surface area contributed by atoms with E-state index in [0.29, 0.717) is 34.2 Å². The van der Waals surface area contributed by atoms with Gasteiger partial charge in [-0.05, 0) is 67.4 Å². The van der Waals surface area contributed by atoms with Gasteiger partial charge in [0.15, 0.2) is 11.6 Å². The second-order valence-electron chi connectivity index (χ2n) is 8.35. The Morgan fingerprint density at radius 1 is 0.794 bits per heavy atom. The number of hydrogen-bond donors (Lipinski definition) is 0. The molecule has 6 nitrogen and oxygen atoms in total. The lowest BCUT2D eigenvalue weighted by Gasteiger charge is -2.05. The summed E-state index contributed by atoms with van der Waals surface area (Å²) < 4.78 is 7.77. The highest BCUT2D eigenvalue weighted by atomic mass is 16.4. The lowest BCUT2D eigenvalue weighted by molar-refractivity contribution is 0.0990. The number of para-hydroxylation sites is 1. The fourth-order valence-corrected chi connectivity index (χ4v) is 4.26. The average molecular weight is 445 g/mol. The molecule has 0 fully saturated rings. The number of nitrogens with zero attached hydrogens (tertiary/aromatic N) is 3. The van der Waals surface area contributed by atoms with Gasteiger partial charge in [-0.15, -0.1) is 0 Å². The van der Waals surface area contributed by atoms with Gasteiger partial charge in [0.1, 0.15) is 5.82 Å². The number of rotatable bonds is 3. The summed E-state index contributed by atoms with van der Waals surface area (Å²) in [7, 11) is 0. The lowest BCUT2D eigenvalue weighted by atomic mass is 10.0. The minimum absolute atomic E-state index is 0.0908. The first kappa shape index (κ1) is 20.1. The van der Waals surface area contributed by atoms with E-state index in [4.69, 9.17) is 4.42 Å². The maximum atomic E-state index is 13.2. The van der Waals surface area contributed by atoms with Crippen LogP contribution >= 0.6 is 0 Å². The van der Waals surface area contributed by atoms with Crippen molar-refractivity contribution in [2.24, 2.45) is 0 Å². The maximum absolute atomic E-state index is 13.2. The predicted octanol–water partition coefficient (Wildman–Crippen LogP) is 5.76. The van der Waals surface area contributed by atoms with E-state index in [0.717, 1.165) is 22.4 Å². The second kappa shape index (κ2) is 7.49. The molecular formula is C28H19N3O3. The molecule has 0 aliphatic heterocycles. The van der Waals surface area contributed by atoms with Crippen molar-refractivity contribution in [3.8, 4) is 17.1 Å². The molecule has 0 saturated heterocycles. The quantitative estimate of drug-likeness (QED) is 0.261. The number of aromatic nitrogens is 3. The van der Waals surface area contributed by atoms with Gasteiger partial charge in [-0.3, -0.25) is 14.2 Å². The van der Waals surface area contributed by atoms with Crippen molar-refractivity contribution < 1.29 is 14.0 Å². The van der Waals surface area contributed by atoms with Gasteiger partial charge in [0.05, 0.1) is 5.57 Å². The average Bonchev–Trinajstić information content (AvgIpc) is 3.47. The third-order valence-corrected chi connectivity index (χ3v) is 6.17. The molecule has 6 heteroatoms. The van der Waals surface area contributed by atoms with Crippen LogP contribution < -0.4 is 0 Å². The molecule has 34 heavy (non-hydrogen) atoms. The predicted molar refractivity (Wildman–Crippen MR) is 129 cm³/mol. The third-order valence-electron chi connectivity index (χ3n) is 6.17. The monoisotopic (exact) mass is 445 g/mol. The Balaban J connectivity index is 1.54. The molecule has 0 unspecified atom stereocenters. The fraction of sp³-hybridized carbons (Fsp3) is 0.0714. The Bertz CT molecular complexity index is 1600. The van der Waals surface area contributed by atoms with Crippen molar-refractivity contribution in [3.63, 3.8) is 0 Å². The number of aryl methyl sites for hydroxylation is 2. The minimum atomic E-state index is -0.291. The maximum Gasteiger partial charge on any atom is 0.267 e. The highest BCUT2D eigenvalue weighted by Gasteiger charge is 2.34. The number of hydrogen-bond acceptors (Lipinski definition) is 5. The lowest BCUT2D eigenvalue weighted by Crippen LogP contribution is -2.04. The molecule has 0 atom stereocenters. The molecule has 2 aromatic heterocycles. The molecule has 0 amide bonds. The van der Waals surface area contributed by atoms with Gasteiger partial charge in [-0.1, -0.05) is 36.4 Å². The van der Waals surface area contributed by atoms with Gasteiger partial charge >= 0.3 is 0 Å². The summed E-state index contributed by atoms with van der Waals surface area (Å²) in [6.45, 7) is 3.86. The van der Waals surface area contributed by atoms with Crippen molar-refractivity contribution in [2.45, 2.75) is 13.8 Å². The smallest absolute Gasteiger partial charge is 0.267 e. The van der Waals surface area contributed by atoms with Crippen LogP contribution in [0.25, 0.3) is 34.6 Å². The number of fused-ring (bicyclic) bond motifs is 2. The van der Waals surface area contributed by atoms with Crippen LogP contribution in [-0.2, 0) is 0 Å². The molecular weight excluding hydrogens is 426 g/mol. The van der Waals surface area contributed by atoms with E-state index in [1.54, 1.807) is 22.8 Å². The summed E-state index contributed by atoms with van der Waals surface area (Å²) in [4.78, 5) is 35.6. The van der Waals surface area contributed by atoms with Crippen LogP contribution in [0.1, 0.15) is 37.7 Å². The van der Waals surface area contributed by atoms with Crippen molar-refractivity contribution in [3.05, 3.63) is 106 Å². The molecule has 1 aliphatic rings. The van der Waals surface area contributed by atoms with E-state index in [2.05, 4.69) is 9.97 Å². The first-order valence-corrected chi connectivity index (χ1v) is 10.9. The van der Waals surface area contributed by atoms with Crippen molar-refractivity contribution >= 4 is 29.0 Å². The van der Waals surface area contributed by atoms with E-state index in [1.807, 2.05) is 74.5 Å². The van der Waals surface area contributed by atoms with Gasteiger partial charge in [-0.2, -0.15) is 9.97 Å². The van der Waals surface area contributed by atoms with Gasteiger partial charge < -0.3 is 4.42 Å². The summed E-state index contributed by atoms with van der Waals surface area (Å²) in [5.41, 5.74) is 5.39. The number of oxazole rings is 1. The van der Waals surface area contributed by atoms with Crippen molar-refractivity contribution in [1.82, 2.24) is 14.5 Å². The van der Waals surface area contributed by atoms with Crippen LogP contribution in [0, 0.1) is 13.8 Å². The van der Waals surface area contributed by atoms with Gasteiger partial charge in [-0.25, -0.2) is 0 Å². The van der Waals surface area contributed by atoms with Crippen LogP contribution in [0.3, 0.4) is 0 Å². The van der Waals surface area contributed by atoms with Gasteiger partial charge in [0.2, 0.25) is 11.5 Å². The number of imidazole rings is 1. The van der Waals surface area contributed by atoms with E-state index in [1.165, 1.54) is 0 Å². The topological polar surface area (TPSA) is 78.0 Å². The molecule has 0 radical (unpaired) electrons. The van der Waals surface area contributed by atoms with Gasteiger partial charge in [0.25, 0.3) is 5.71 Å². The Hall–Kier alpha value is -4.58. The van der Waals surface area contributed by atoms with E-state index >= 15 is 0 Å². The molecule has 6 rings (SSSR count). The zero-order valence-corrected chi connectivity index (χ0v) is 18.6. The number of ketones is 2. The number of allylic oxidation sites excluding steroid dienone is 1. The normalized spacial score (nSPS) is 13.1. The standard InChI is InChI=1S/C28H19N3O3/c1-16-13-20-21(14-17(16)2)25(33)22(24(20)32)15-23-29-28-26(31(23)19-11-7-4-8-12-19)30-27(34-28)18-9-5-3-6-10-18/h3-15H,1-2H3. The van der Waals surface area contributed by atoms with Crippen LogP contribution in [-0.4, -0.2) is 26.1 Å². The molecule has 0 saturated carbocycles. The number of carbonyl (C=O) groups excluding carboxylic acids is 2. The number of carbonyl (C=O) groups is 2. The molecule has 1 aliphatic carbocycles. The van der Waals surface area contributed by atoms with Crippen molar-refractivity contribution in [1.29, 1.82) is 0 Å². The van der Waals surface area contributed by atoms with E-state index in [9.17, 15) is 9.59 Å². The zero-order chi connectivity index (χ0) is 23.4. The van der Waals surface area contributed by atoms with E-state index < -0.39 is 0 Å².